The predicted molar refractivity (Wildman–Crippen MR) is 89.4 cm³/mol. The second-order valence-corrected chi connectivity index (χ2v) is 5.59. The van der Waals surface area contributed by atoms with E-state index in [0.717, 1.165) is 45.9 Å². The first-order valence-corrected chi connectivity index (χ1v) is 7.50. The van der Waals surface area contributed by atoms with Gasteiger partial charge < -0.3 is 14.6 Å². The summed E-state index contributed by atoms with van der Waals surface area (Å²) in [5.74, 6) is 2.58. The zero-order valence-corrected chi connectivity index (χ0v) is 12.7. The van der Waals surface area contributed by atoms with Gasteiger partial charge >= 0.3 is 0 Å². The molecule has 1 N–H and O–H groups in total. The van der Waals surface area contributed by atoms with Crippen LogP contribution in [-0.2, 0) is 6.42 Å². The lowest BCUT2D eigenvalue weighted by Crippen LogP contribution is -2.04. The Morgan fingerprint density at radius 1 is 0.957 bits per heavy atom. The molecule has 0 fully saturated rings. The highest BCUT2D eigenvalue weighted by atomic mass is 16.5. The number of phenolic OH excluding ortho intramolecular Hbond substituents is 1. The fourth-order valence-electron chi connectivity index (χ4n) is 2.99. The second kappa shape index (κ2) is 5.36. The molecule has 3 aromatic rings. The summed E-state index contributed by atoms with van der Waals surface area (Å²) in [6, 6.07) is 19.3. The normalized spacial score (nSPS) is 12.0. The van der Waals surface area contributed by atoms with Crippen molar-refractivity contribution >= 4 is 0 Å². The Hall–Kier alpha value is -2.94. The molecule has 0 aromatic heterocycles. The highest BCUT2D eigenvalue weighted by molar-refractivity contribution is 5.74. The first kappa shape index (κ1) is 13.7. The third-order valence-electron chi connectivity index (χ3n) is 4.15. The molecule has 23 heavy (non-hydrogen) atoms. The van der Waals surface area contributed by atoms with Gasteiger partial charge in [-0.15, -0.1) is 0 Å². The summed E-state index contributed by atoms with van der Waals surface area (Å²) in [5.41, 5.74) is 4.25. The first-order chi connectivity index (χ1) is 11.2. The number of hydrogen-bond donors (Lipinski definition) is 1. The average Bonchev–Trinajstić information content (AvgIpc) is 2.59. The highest BCUT2D eigenvalue weighted by Gasteiger charge is 2.21. The van der Waals surface area contributed by atoms with Gasteiger partial charge in [0.05, 0.1) is 7.11 Å². The Morgan fingerprint density at radius 3 is 2.52 bits per heavy atom. The van der Waals surface area contributed by atoms with Crippen molar-refractivity contribution in [3.8, 4) is 34.1 Å². The van der Waals surface area contributed by atoms with Crippen molar-refractivity contribution in [3.63, 3.8) is 0 Å². The molecule has 4 rings (SSSR count). The number of ether oxygens (including phenoxy) is 2. The summed E-state index contributed by atoms with van der Waals surface area (Å²) < 4.78 is 11.2. The van der Waals surface area contributed by atoms with Crippen LogP contribution < -0.4 is 9.47 Å². The molecular weight excluding hydrogens is 288 g/mol. The third-order valence-corrected chi connectivity index (χ3v) is 4.15. The van der Waals surface area contributed by atoms with Gasteiger partial charge in [-0.25, -0.2) is 0 Å². The zero-order valence-electron chi connectivity index (χ0n) is 12.7. The van der Waals surface area contributed by atoms with Crippen LogP contribution in [0.15, 0.2) is 60.7 Å². The summed E-state index contributed by atoms with van der Waals surface area (Å²) in [5, 5.41) is 10.1. The average molecular weight is 304 g/mol. The fourth-order valence-corrected chi connectivity index (χ4v) is 2.99. The maximum atomic E-state index is 10.1. The van der Waals surface area contributed by atoms with Crippen LogP contribution in [-0.4, -0.2) is 12.2 Å². The van der Waals surface area contributed by atoms with Crippen molar-refractivity contribution in [3.05, 3.63) is 71.8 Å². The minimum Gasteiger partial charge on any atom is -0.508 e. The predicted octanol–water partition coefficient (Wildman–Crippen LogP) is 4.76. The Morgan fingerprint density at radius 2 is 1.74 bits per heavy atom. The molecule has 0 atom stereocenters. The van der Waals surface area contributed by atoms with Crippen molar-refractivity contribution in [2.24, 2.45) is 0 Å². The molecule has 0 aliphatic carbocycles. The van der Waals surface area contributed by atoms with Gasteiger partial charge in [-0.2, -0.15) is 0 Å². The molecule has 0 bridgehead atoms. The topological polar surface area (TPSA) is 38.7 Å². The Bertz CT molecular complexity index is 867. The van der Waals surface area contributed by atoms with Crippen LogP contribution >= 0.6 is 0 Å². The molecule has 0 spiro atoms. The van der Waals surface area contributed by atoms with Gasteiger partial charge in [0.15, 0.2) is 0 Å². The van der Waals surface area contributed by atoms with E-state index < -0.39 is 0 Å². The van der Waals surface area contributed by atoms with E-state index in [1.807, 2.05) is 42.5 Å². The lowest BCUT2D eigenvalue weighted by atomic mass is 9.92. The Kier molecular flexibility index (Phi) is 3.19. The zero-order chi connectivity index (χ0) is 15.8. The third kappa shape index (κ3) is 2.40. The molecule has 114 valence electrons. The molecule has 0 radical (unpaired) electrons. The van der Waals surface area contributed by atoms with Gasteiger partial charge in [0, 0.05) is 18.1 Å². The van der Waals surface area contributed by atoms with Gasteiger partial charge in [-0.3, -0.25) is 0 Å². The number of hydrogen-bond acceptors (Lipinski definition) is 3. The van der Waals surface area contributed by atoms with Gasteiger partial charge in [0.25, 0.3) is 0 Å². The second-order valence-electron chi connectivity index (χ2n) is 5.59. The minimum atomic E-state index is 0.203. The maximum absolute atomic E-state index is 10.1. The van der Waals surface area contributed by atoms with Crippen LogP contribution in [0.3, 0.4) is 0 Å². The molecule has 0 saturated heterocycles. The van der Waals surface area contributed by atoms with Crippen LogP contribution in [0.1, 0.15) is 11.1 Å². The van der Waals surface area contributed by atoms with Crippen LogP contribution in [0.2, 0.25) is 0 Å². The van der Waals surface area contributed by atoms with E-state index in [4.69, 9.17) is 9.47 Å². The van der Waals surface area contributed by atoms with E-state index >= 15 is 0 Å². The summed E-state index contributed by atoms with van der Waals surface area (Å²) >= 11 is 0. The number of para-hydroxylation sites is 1. The summed E-state index contributed by atoms with van der Waals surface area (Å²) in [6.07, 6.45) is 0.785. The van der Waals surface area contributed by atoms with E-state index in [-0.39, 0.29) is 5.75 Å². The van der Waals surface area contributed by atoms with Crippen LogP contribution in [0.25, 0.3) is 11.1 Å². The summed E-state index contributed by atoms with van der Waals surface area (Å²) in [7, 11) is 1.65. The monoisotopic (exact) mass is 304 g/mol. The smallest absolute Gasteiger partial charge is 0.135 e. The summed E-state index contributed by atoms with van der Waals surface area (Å²) in [4.78, 5) is 0. The standard InChI is InChI=1S/C20H16O3/c1-22-16-8-6-13(7-9-16)17-11-15(21)12-20-18(17)10-14-4-2-3-5-19(14)23-20/h2-9,11-12,21H,10H2,1H3. The number of methoxy groups -OCH3 is 1. The van der Waals surface area contributed by atoms with Gasteiger partial charge in [-0.1, -0.05) is 30.3 Å². The number of benzene rings is 3. The van der Waals surface area contributed by atoms with E-state index in [2.05, 4.69) is 6.07 Å². The Balaban J connectivity index is 1.84. The van der Waals surface area contributed by atoms with Crippen molar-refractivity contribution in [2.45, 2.75) is 6.42 Å². The van der Waals surface area contributed by atoms with Crippen LogP contribution in [0, 0.1) is 0 Å². The number of phenols is 1. The fraction of sp³-hybridized carbons (Fsp3) is 0.100. The van der Waals surface area contributed by atoms with Crippen molar-refractivity contribution in [1.82, 2.24) is 0 Å². The minimum absolute atomic E-state index is 0.203. The Labute approximate surface area is 134 Å². The quantitative estimate of drug-likeness (QED) is 0.580. The number of aromatic hydroxyl groups is 1. The SMILES string of the molecule is COc1ccc(-c2cc(O)cc3c2Cc2ccccc2O3)cc1. The molecule has 1 heterocycles. The number of rotatable bonds is 2. The molecule has 3 aromatic carbocycles. The van der Waals surface area contributed by atoms with Gasteiger partial charge in [-0.05, 0) is 41.0 Å². The van der Waals surface area contributed by atoms with Crippen LogP contribution in [0.4, 0.5) is 0 Å². The van der Waals surface area contributed by atoms with E-state index in [1.165, 1.54) is 0 Å². The summed E-state index contributed by atoms with van der Waals surface area (Å²) in [6.45, 7) is 0. The van der Waals surface area contributed by atoms with Gasteiger partial charge in [0.2, 0.25) is 0 Å². The molecule has 0 unspecified atom stereocenters. The first-order valence-electron chi connectivity index (χ1n) is 7.50. The highest BCUT2D eigenvalue weighted by Crippen LogP contribution is 2.43. The molecule has 3 heteroatoms. The molecule has 1 aliphatic rings. The molecular formula is C20H16O3. The largest absolute Gasteiger partial charge is 0.508 e. The maximum Gasteiger partial charge on any atom is 0.135 e. The van der Waals surface area contributed by atoms with Gasteiger partial charge in [0.1, 0.15) is 23.0 Å². The number of fused-ring (bicyclic) bond motifs is 2. The van der Waals surface area contributed by atoms with Crippen LogP contribution in [0.5, 0.6) is 23.0 Å². The van der Waals surface area contributed by atoms with Crippen molar-refractivity contribution in [1.29, 1.82) is 0 Å². The lowest BCUT2D eigenvalue weighted by Gasteiger charge is -2.23. The van der Waals surface area contributed by atoms with E-state index in [9.17, 15) is 5.11 Å². The lowest BCUT2D eigenvalue weighted by molar-refractivity contribution is 0.415. The van der Waals surface area contributed by atoms with Crippen molar-refractivity contribution in [2.75, 3.05) is 7.11 Å². The van der Waals surface area contributed by atoms with Crippen molar-refractivity contribution < 1.29 is 14.6 Å². The van der Waals surface area contributed by atoms with E-state index in [0.29, 0.717) is 0 Å². The molecule has 3 nitrogen and oxygen atoms in total. The molecule has 0 amide bonds. The van der Waals surface area contributed by atoms with E-state index in [1.54, 1.807) is 19.2 Å². The molecule has 1 aliphatic heterocycles. The molecule has 0 saturated carbocycles.